The Kier molecular flexibility index (Phi) is 9.65. The third-order valence-electron chi connectivity index (χ3n) is 3.34. The summed E-state index contributed by atoms with van der Waals surface area (Å²) in [7, 11) is 0. The van der Waals surface area contributed by atoms with Crippen LogP contribution in [0.5, 0.6) is 0 Å². The van der Waals surface area contributed by atoms with Gasteiger partial charge in [0.1, 0.15) is 0 Å². The lowest BCUT2D eigenvalue weighted by atomic mass is 10.1. The van der Waals surface area contributed by atoms with Gasteiger partial charge in [0.25, 0.3) is 0 Å². The molecule has 0 saturated carbocycles. The molecular formula is C14H30N2. The fourth-order valence-electron chi connectivity index (χ4n) is 2.33. The van der Waals surface area contributed by atoms with Gasteiger partial charge in [0.05, 0.1) is 6.17 Å². The van der Waals surface area contributed by atoms with Gasteiger partial charge in [-0.05, 0) is 45.4 Å². The summed E-state index contributed by atoms with van der Waals surface area (Å²) >= 11 is 0. The molecule has 0 rings (SSSR count). The molecule has 16 heavy (non-hydrogen) atoms. The summed E-state index contributed by atoms with van der Waals surface area (Å²) in [5, 5.41) is 0. The number of hydrogen-bond donors (Lipinski definition) is 0. The fourth-order valence-corrected chi connectivity index (χ4v) is 2.33. The van der Waals surface area contributed by atoms with Crippen LogP contribution in [0.4, 0.5) is 0 Å². The van der Waals surface area contributed by atoms with Gasteiger partial charge in [0.15, 0.2) is 0 Å². The maximum atomic E-state index is 3.80. The molecule has 96 valence electrons. The largest absolute Gasteiger partial charge is 0.288 e. The first kappa shape index (κ1) is 15.7. The lowest BCUT2D eigenvalue weighted by Crippen LogP contribution is -2.48. The van der Waals surface area contributed by atoms with Crippen molar-refractivity contribution in [3.8, 4) is 0 Å². The average Bonchev–Trinajstić information content (AvgIpc) is 2.31. The van der Waals surface area contributed by atoms with Crippen LogP contribution in [0, 0.1) is 0 Å². The van der Waals surface area contributed by atoms with Gasteiger partial charge in [0, 0.05) is 0 Å². The molecule has 0 fully saturated rings. The predicted molar refractivity (Wildman–Crippen MR) is 73.7 cm³/mol. The smallest absolute Gasteiger partial charge is 0.0622 e. The molecule has 2 heteroatoms. The van der Waals surface area contributed by atoms with E-state index in [4.69, 9.17) is 0 Å². The molecule has 0 aliphatic rings. The van der Waals surface area contributed by atoms with Crippen molar-refractivity contribution in [2.75, 3.05) is 26.2 Å². The summed E-state index contributed by atoms with van der Waals surface area (Å²) in [4.78, 5) is 5.13. The van der Waals surface area contributed by atoms with Gasteiger partial charge in [0.2, 0.25) is 0 Å². The third-order valence-corrected chi connectivity index (χ3v) is 3.34. The highest BCUT2D eigenvalue weighted by atomic mass is 15.3. The van der Waals surface area contributed by atoms with E-state index >= 15 is 0 Å². The Morgan fingerprint density at radius 3 is 1.69 bits per heavy atom. The van der Waals surface area contributed by atoms with Gasteiger partial charge in [-0.3, -0.25) is 9.80 Å². The fraction of sp³-hybridized carbons (Fsp3) is 0.857. The Morgan fingerprint density at radius 2 is 1.38 bits per heavy atom. The number of nitrogens with zero attached hydrogens (tertiary/aromatic N) is 2. The molecule has 0 aromatic carbocycles. The van der Waals surface area contributed by atoms with Crippen LogP contribution in [-0.4, -0.2) is 42.1 Å². The maximum absolute atomic E-state index is 3.80. The second kappa shape index (κ2) is 9.86. The minimum absolute atomic E-state index is 0.616. The molecule has 0 radical (unpaired) electrons. The molecule has 0 unspecified atom stereocenters. The van der Waals surface area contributed by atoms with E-state index in [0.29, 0.717) is 6.17 Å². The van der Waals surface area contributed by atoms with Crippen molar-refractivity contribution in [3.05, 3.63) is 12.7 Å². The summed E-state index contributed by atoms with van der Waals surface area (Å²) < 4.78 is 0. The van der Waals surface area contributed by atoms with Crippen LogP contribution < -0.4 is 0 Å². The molecule has 0 amide bonds. The van der Waals surface area contributed by atoms with E-state index in [1.165, 1.54) is 12.8 Å². The SMILES string of the molecule is C=CCCCC(N(CC)CC)N(CC)CC. The molecule has 0 aromatic heterocycles. The summed E-state index contributed by atoms with van der Waals surface area (Å²) in [6.45, 7) is 17.4. The van der Waals surface area contributed by atoms with Crippen LogP contribution in [0.25, 0.3) is 0 Å². The Morgan fingerprint density at radius 1 is 0.938 bits per heavy atom. The first-order valence-electron chi connectivity index (χ1n) is 6.83. The van der Waals surface area contributed by atoms with E-state index in [9.17, 15) is 0 Å². The second-order valence-corrected chi connectivity index (χ2v) is 4.14. The van der Waals surface area contributed by atoms with Gasteiger partial charge in [-0.1, -0.05) is 33.8 Å². The zero-order valence-electron chi connectivity index (χ0n) is 11.7. The van der Waals surface area contributed by atoms with Crippen molar-refractivity contribution in [1.82, 2.24) is 9.80 Å². The standard InChI is InChI=1S/C14H30N2/c1-6-11-12-13-14(15(7-2)8-3)16(9-4)10-5/h6,14H,1,7-13H2,2-5H3. The average molecular weight is 226 g/mol. The number of allylic oxidation sites excluding steroid dienone is 1. The number of unbranched alkanes of at least 4 members (excludes halogenated alkanes) is 1. The van der Waals surface area contributed by atoms with Gasteiger partial charge < -0.3 is 0 Å². The molecule has 0 spiro atoms. The van der Waals surface area contributed by atoms with Gasteiger partial charge in [-0.25, -0.2) is 0 Å². The van der Waals surface area contributed by atoms with Crippen LogP contribution >= 0.6 is 0 Å². The first-order valence-corrected chi connectivity index (χ1v) is 6.83. The van der Waals surface area contributed by atoms with Crippen molar-refractivity contribution >= 4 is 0 Å². The van der Waals surface area contributed by atoms with Crippen molar-refractivity contribution in [2.24, 2.45) is 0 Å². The van der Waals surface area contributed by atoms with E-state index in [1.54, 1.807) is 0 Å². The van der Waals surface area contributed by atoms with Crippen molar-refractivity contribution < 1.29 is 0 Å². The zero-order valence-corrected chi connectivity index (χ0v) is 11.7. The highest BCUT2D eigenvalue weighted by Gasteiger charge is 2.20. The quantitative estimate of drug-likeness (QED) is 0.320. The molecule has 0 aliphatic carbocycles. The van der Waals surface area contributed by atoms with Crippen LogP contribution in [-0.2, 0) is 0 Å². The lowest BCUT2D eigenvalue weighted by Gasteiger charge is -2.38. The van der Waals surface area contributed by atoms with Crippen molar-refractivity contribution in [1.29, 1.82) is 0 Å². The maximum Gasteiger partial charge on any atom is 0.0622 e. The lowest BCUT2D eigenvalue weighted by molar-refractivity contribution is 0.0489. The first-order chi connectivity index (χ1) is 7.74. The monoisotopic (exact) mass is 226 g/mol. The highest BCUT2D eigenvalue weighted by Crippen LogP contribution is 2.13. The molecule has 0 bridgehead atoms. The van der Waals surface area contributed by atoms with Gasteiger partial charge in [-0.15, -0.1) is 6.58 Å². The van der Waals surface area contributed by atoms with Gasteiger partial charge >= 0.3 is 0 Å². The molecule has 0 aromatic rings. The van der Waals surface area contributed by atoms with Crippen molar-refractivity contribution in [2.45, 2.75) is 53.1 Å². The summed E-state index contributed by atoms with van der Waals surface area (Å²) in [5.41, 5.74) is 0. The highest BCUT2D eigenvalue weighted by molar-refractivity contribution is 4.74. The van der Waals surface area contributed by atoms with Gasteiger partial charge in [-0.2, -0.15) is 0 Å². The third kappa shape index (κ3) is 5.13. The molecule has 0 atom stereocenters. The second-order valence-electron chi connectivity index (χ2n) is 4.14. The van der Waals surface area contributed by atoms with Crippen molar-refractivity contribution in [3.63, 3.8) is 0 Å². The van der Waals surface area contributed by atoms with Crippen LogP contribution in [0.3, 0.4) is 0 Å². The minimum Gasteiger partial charge on any atom is -0.288 e. The Hall–Kier alpha value is -0.340. The number of rotatable bonds is 10. The van der Waals surface area contributed by atoms with Crippen LogP contribution in [0.1, 0.15) is 47.0 Å². The normalized spacial score (nSPS) is 11.7. The molecule has 2 nitrogen and oxygen atoms in total. The predicted octanol–water partition coefficient (Wildman–Crippen LogP) is 3.35. The van der Waals surface area contributed by atoms with Crippen LogP contribution in [0.2, 0.25) is 0 Å². The Labute approximate surface area is 102 Å². The minimum atomic E-state index is 0.616. The topological polar surface area (TPSA) is 6.48 Å². The van der Waals surface area contributed by atoms with E-state index in [2.05, 4.69) is 44.1 Å². The summed E-state index contributed by atoms with van der Waals surface area (Å²) in [6, 6.07) is 0. The Bertz CT molecular complexity index is 148. The molecule has 0 saturated heterocycles. The zero-order chi connectivity index (χ0) is 12.4. The summed E-state index contributed by atoms with van der Waals surface area (Å²) in [6.07, 6.45) is 6.29. The van der Waals surface area contributed by atoms with E-state index in [-0.39, 0.29) is 0 Å². The number of hydrogen-bond acceptors (Lipinski definition) is 2. The van der Waals surface area contributed by atoms with Crippen LogP contribution in [0.15, 0.2) is 12.7 Å². The van der Waals surface area contributed by atoms with E-state index < -0.39 is 0 Å². The van der Waals surface area contributed by atoms with E-state index in [0.717, 1.165) is 32.6 Å². The molecule has 0 N–H and O–H groups in total. The molecular weight excluding hydrogens is 196 g/mol. The summed E-state index contributed by atoms with van der Waals surface area (Å²) in [5.74, 6) is 0. The molecule has 0 heterocycles. The Balaban J connectivity index is 4.39. The van der Waals surface area contributed by atoms with E-state index in [1.807, 2.05) is 6.08 Å². The molecule has 0 aliphatic heterocycles.